The van der Waals surface area contributed by atoms with E-state index in [-0.39, 0.29) is 42.2 Å². The molecule has 11 heteroatoms. The minimum Gasteiger partial charge on any atom is -0.409 e. The van der Waals surface area contributed by atoms with E-state index in [0.29, 0.717) is 6.42 Å². The third kappa shape index (κ3) is 3.46. The monoisotopic (exact) mass is 378 g/mol. The molecule has 3 rings (SSSR count). The van der Waals surface area contributed by atoms with E-state index in [1.807, 2.05) is 0 Å². The summed E-state index contributed by atoms with van der Waals surface area (Å²) in [5, 5.41) is 34.1. The lowest BCUT2D eigenvalue weighted by Crippen LogP contribution is -2.51. The first-order valence-electron chi connectivity index (χ1n) is 8.16. The Labute approximate surface area is 153 Å². The molecule has 1 aliphatic rings. The molecule has 0 spiro atoms. The largest absolute Gasteiger partial charge is 0.409 e. The summed E-state index contributed by atoms with van der Waals surface area (Å²) >= 11 is 0. The molecule has 0 saturated heterocycles. The molecule has 10 nitrogen and oxygen atoms in total. The topological polar surface area (TPSA) is 159 Å². The van der Waals surface area contributed by atoms with Crippen LogP contribution in [0.1, 0.15) is 35.5 Å². The number of fused-ring (bicyclic) bond motifs is 1. The summed E-state index contributed by atoms with van der Waals surface area (Å²) in [6.07, 6.45) is 0.589. The van der Waals surface area contributed by atoms with Crippen LogP contribution in [0.25, 0.3) is 0 Å². The summed E-state index contributed by atoms with van der Waals surface area (Å²) in [6.45, 7) is 1.13. The molecular weight excluding hydrogens is 359 g/mol. The van der Waals surface area contributed by atoms with E-state index in [9.17, 15) is 14.4 Å². The molecule has 27 heavy (non-hydrogen) atoms. The van der Waals surface area contributed by atoms with Gasteiger partial charge in [0.1, 0.15) is 17.1 Å². The van der Waals surface area contributed by atoms with Crippen molar-refractivity contribution in [3.63, 3.8) is 0 Å². The first-order valence-corrected chi connectivity index (χ1v) is 8.16. The number of oxime groups is 1. The van der Waals surface area contributed by atoms with Gasteiger partial charge in [-0.3, -0.25) is 4.79 Å². The van der Waals surface area contributed by atoms with Crippen LogP contribution in [-0.2, 0) is 16.8 Å². The SMILES string of the molecule is CC(N)(C(=O)NCCO)c1nonc1C(=NO)N[C@H]1Cc2ccc(F)cc21. The molecule has 1 aromatic heterocycles. The first kappa shape index (κ1) is 18.7. The number of carbonyl (C=O) groups excluding carboxylic acids is 1. The molecule has 1 aromatic carbocycles. The summed E-state index contributed by atoms with van der Waals surface area (Å²) in [4.78, 5) is 12.3. The molecule has 1 unspecified atom stereocenters. The Hall–Kier alpha value is -3.05. The number of rotatable bonds is 6. The third-order valence-electron chi connectivity index (χ3n) is 4.39. The second kappa shape index (κ2) is 7.29. The van der Waals surface area contributed by atoms with Crippen molar-refractivity contribution in [3.8, 4) is 0 Å². The van der Waals surface area contributed by atoms with E-state index in [0.717, 1.165) is 11.1 Å². The molecule has 0 radical (unpaired) electrons. The van der Waals surface area contributed by atoms with Crippen LogP contribution in [0, 0.1) is 5.82 Å². The number of halogens is 1. The van der Waals surface area contributed by atoms with Gasteiger partial charge in [-0.15, -0.1) is 0 Å². The van der Waals surface area contributed by atoms with Gasteiger partial charge in [-0.1, -0.05) is 16.4 Å². The number of aliphatic hydroxyl groups excluding tert-OH is 1. The summed E-state index contributed by atoms with van der Waals surface area (Å²) in [5.41, 5.74) is 5.99. The Kier molecular flexibility index (Phi) is 5.06. The van der Waals surface area contributed by atoms with Gasteiger partial charge in [-0.25, -0.2) is 9.02 Å². The number of hydrogen-bond donors (Lipinski definition) is 5. The molecule has 2 atom stereocenters. The predicted molar refractivity (Wildman–Crippen MR) is 90.2 cm³/mol. The fourth-order valence-electron chi connectivity index (χ4n) is 2.86. The van der Waals surface area contributed by atoms with Gasteiger partial charge in [0.15, 0.2) is 11.5 Å². The zero-order chi connectivity index (χ0) is 19.6. The van der Waals surface area contributed by atoms with Crippen molar-refractivity contribution < 1.29 is 24.1 Å². The number of aromatic nitrogens is 2. The zero-order valence-electron chi connectivity index (χ0n) is 14.4. The second-order valence-corrected chi connectivity index (χ2v) is 6.34. The maximum atomic E-state index is 13.4. The molecule has 2 aromatic rings. The number of nitrogens with zero attached hydrogens (tertiary/aromatic N) is 3. The van der Waals surface area contributed by atoms with Crippen molar-refractivity contribution in [2.75, 3.05) is 13.2 Å². The van der Waals surface area contributed by atoms with Crippen LogP contribution in [-0.4, -0.2) is 45.5 Å². The Bertz CT molecular complexity index is 882. The van der Waals surface area contributed by atoms with Gasteiger partial charge < -0.3 is 26.7 Å². The summed E-state index contributed by atoms with van der Waals surface area (Å²) in [7, 11) is 0. The average molecular weight is 378 g/mol. The van der Waals surface area contributed by atoms with E-state index in [1.54, 1.807) is 6.07 Å². The van der Waals surface area contributed by atoms with Gasteiger partial charge in [0.25, 0.3) is 0 Å². The maximum Gasteiger partial charge on any atom is 0.246 e. The highest BCUT2D eigenvalue weighted by Crippen LogP contribution is 2.34. The Balaban J connectivity index is 1.82. The zero-order valence-corrected chi connectivity index (χ0v) is 14.4. The maximum absolute atomic E-state index is 13.4. The molecular formula is C16H19FN6O4. The normalized spacial score (nSPS) is 18.2. The summed E-state index contributed by atoms with van der Waals surface area (Å²) < 4.78 is 18.1. The van der Waals surface area contributed by atoms with Gasteiger partial charge in [0.05, 0.1) is 12.6 Å². The van der Waals surface area contributed by atoms with E-state index in [1.165, 1.54) is 19.1 Å². The molecule has 0 saturated carbocycles. The molecule has 0 bridgehead atoms. The quantitative estimate of drug-likeness (QED) is 0.195. The fraction of sp³-hybridized carbons (Fsp3) is 0.375. The van der Waals surface area contributed by atoms with Gasteiger partial charge >= 0.3 is 0 Å². The van der Waals surface area contributed by atoms with Crippen molar-refractivity contribution in [1.82, 2.24) is 20.9 Å². The highest BCUT2D eigenvalue weighted by molar-refractivity contribution is 6.00. The van der Waals surface area contributed by atoms with Crippen molar-refractivity contribution in [2.45, 2.75) is 24.9 Å². The Morgan fingerprint density at radius 3 is 3.00 bits per heavy atom. The van der Waals surface area contributed by atoms with E-state index in [2.05, 4.69) is 30.7 Å². The molecule has 0 fully saturated rings. The predicted octanol–water partition coefficient (Wildman–Crippen LogP) is -0.486. The molecule has 1 aliphatic carbocycles. The number of aliphatic hydroxyl groups is 1. The fourth-order valence-corrected chi connectivity index (χ4v) is 2.86. The minimum absolute atomic E-state index is 0.00978. The van der Waals surface area contributed by atoms with Crippen molar-refractivity contribution in [3.05, 3.63) is 46.5 Å². The molecule has 0 aliphatic heterocycles. The number of hydrogen-bond acceptors (Lipinski definition) is 8. The molecule has 1 amide bonds. The van der Waals surface area contributed by atoms with Crippen LogP contribution >= 0.6 is 0 Å². The Morgan fingerprint density at radius 1 is 1.52 bits per heavy atom. The highest BCUT2D eigenvalue weighted by Gasteiger charge is 2.39. The minimum atomic E-state index is -1.66. The molecule has 1 heterocycles. The summed E-state index contributed by atoms with van der Waals surface area (Å²) in [5.74, 6) is -1.11. The lowest BCUT2D eigenvalue weighted by molar-refractivity contribution is -0.126. The lowest BCUT2D eigenvalue weighted by atomic mass is 9.83. The number of benzene rings is 1. The number of amidine groups is 1. The Morgan fingerprint density at radius 2 is 2.30 bits per heavy atom. The van der Waals surface area contributed by atoms with Crippen molar-refractivity contribution in [2.24, 2.45) is 10.9 Å². The van der Waals surface area contributed by atoms with Gasteiger partial charge in [0.2, 0.25) is 5.91 Å². The third-order valence-corrected chi connectivity index (χ3v) is 4.39. The van der Waals surface area contributed by atoms with Crippen molar-refractivity contribution >= 4 is 11.7 Å². The number of amides is 1. The van der Waals surface area contributed by atoms with Gasteiger partial charge in [-0.2, -0.15) is 0 Å². The van der Waals surface area contributed by atoms with Crippen LogP contribution in [0.4, 0.5) is 4.39 Å². The molecule has 144 valence electrons. The summed E-state index contributed by atoms with van der Waals surface area (Å²) in [6, 6.07) is 4.14. The highest BCUT2D eigenvalue weighted by atomic mass is 19.1. The van der Waals surface area contributed by atoms with E-state index in [4.69, 9.17) is 10.8 Å². The van der Waals surface area contributed by atoms with Crippen molar-refractivity contribution in [1.29, 1.82) is 0 Å². The van der Waals surface area contributed by atoms with E-state index >= 15 is 0 Å². The standard InChI is InChI=1S/C16H19FN6O4/c1-16(18,15(25)19-4-5-24)13-12(22-27-23-13)14(21-26)20-11-6-8-2-3-9(17)7-10(8)11/h2-3,7,11,24,26H,4-6,18H2,1H3,(H,19,25)(H,20,21)/t11-,16?/m0/s1. The lowest BCUT2D eigenvalue weighted by Gasteiger charge is -2.31. The van der Waals surface area contributed by atoms with Crippen LogP contribution in [0.15, 0.2) is 28.0 Å². The number of nitrogens with one attached hydrogen (secondary N) is 2. The number of carbonyl (C=O) groups is 1. The number of nitrogens with two attached hydrogens (primary N) is 1. The second-order valence-electron chi connectivity index (χ2n) is 6.34. The average Bonchev–Trinajstić information content (AvgIpc) is 3.12. The van der Waals surface area contributed by atoms with Gasteiger partial charge in [0, 0.05) is 6.54 Å². The van der Waals surface area contributed by atoms with E-state index < -0.39 is 11.4 Å². The van der Waals surface area contributed by atoms with Crippen LogP contribution in [0.2, 0.25) is 0 Å². The smallest absolute Gasteiger partial charge is 0.246 e. The van der Waals surface area contributed by atoms with Gasteiger partial charge in [-0.05, 0) is 41.8 Å². The van der Waals surface area contributed by atoms with Crippen LogP contribution in [0.3, 0.4) is 0 Å². The van der Waals surface area contributed by atoms with Crippen LogP contribution in [0.5, 0.6) is 0 Å². The first-order chi connectivity index (χ1) is 12.9. The molecule has 6 N–H and O–H groups in total. The van der Waals surface area contributed by atoms with Crippen LogP contribution < -0.4 is 16.4 Å².